The van der Waals surface area contributed by atoms with Gasteiger partial charge in [-0.3, -0.25) is 4.79 Å². The van der Waals surface area contributed by atoms with Crippen molar-refractivity contribution in [2.24, 2.45) is 0 Å². The second-order valence-corrected chi connectivity index (χ2v) is 7.42. The standard InChI is InChI=1S/C23H22Cl2N2O3/c1-15(28)27-19-9-7-18(8-10-19)26-13-16-11-21(25)23(22(12-16)29-2)30-14-17-5-3-4-6-20(17)24/h3-12,26H,13-14H2,1-2H3,(H,27,28). The van der Waals surface area contributed by atoms with Gasteiger partial charge < -0.3 is 20.1 Å². The average molecular weight is 445 g/mol. The fraction of sp³-hybridized carbons (Fsp3) is 0.174. The minimum absolute atomic E-state index is 0.103. The van der Waals surface area contributed by atoms with E-state index in [4.69, 9.17) is 32.7 Å². The summed E-state index contributed by atoms with van der Waals surface area (Å²) in [4.78, 5) is 11.1. The number of hydrogen-bond donors (Lipinski definition) is 2. The lowest BCUT2D eigenvalue weighted by molar-refractivity contribution is -0.114. The smallest absolute Gasteiger partial charge is 0.221 e. The summed E-state index contributed by atoms with van der Waals surface area (Å²) in [5.74, 6) is 0.921. The molecule has 0 unspecified atom stereocenters. The summed E-state index contributed by atoms with van der Waals surface area (Å²) in [5, 5.41) is 7.15. The van der Waals surface area contributed by atoms with Crippen molar-refractivity contribution in [3.63, 3.8) is 0 Å². The summed E-state index contributed by atoms with van der Waals surface area (Å²) in [6.07, 6.45) is 0. The van der Waals surface area contributed by atoms with Gasteiger partial charge >= 0.3 is 0 Å². The van der Waals surface area contributed by atoms with Crippen molar-refractivity contribution in [3.8, 4) is 11.5 Å². The summed E-state index contributed by atoms with van der Waals surface area (Å²) < 4.78 is 11.4. The average Bonchev–Trinajstić information content (AvgIpc) is 2.72. The number of hydrogen-bond acceptors (Lipinski definition) is 4. The first-order chi connectivity index (χ1) is 14.5. The van der Waals surface area contributed by atoms with E-state index < -0.39 is 0 Å². The highest BCUT2D eigenvalue weighted by atomic mass is 35.5. The van der Waals surface area contributed by atoms with Crippen LogP contribution in [-0.4, -0.2) is 13.0 Å². The third-order valence-electron chi connectivity index (χ3n) is 4.32. The van der Waals surface area contributed by atoms with Crippen molar-refractivity contribution in [2.75, 3.05) is 17.7 Å². The number of anilines is 2. The van der Waals surface area contributed by atoms with Crippen molar-refractivity contribution < 1.29 is 14.3 Å². The Labute approximate surface area is 185 Å². The number of benzene rings is 3. The first-order valence-corrected chi connectivity index (χ1v) is 10.1. The largest absolute Gasteiger partial charge is 0.493 e. The maximum atomic E-state index is 11.1. The Balaban J connectivity index is 1.67. The van der Waals surface area contributed by atoms with Gasteiger partial charge in [-0.15, -0.1) is 0 Å². The third-order valence-corrected chi connectivity index (χ3v) is 4.97. The molecule has 0 fully saturated rings. The molecule has 3 aromatic rings. The monoisotopic (exact) mass is 444 g/mol. The van der Waals surface area contributed by atoms with E-state index in [1.165, 1.54) is 6.92 Å². The number of halogens is 2. The molecule has 0 spiro atoms. The molecule has 0 atom stereocenters. The molecule has 1 amide bonds. The topological polar surface area (TPSA) is 59.6 Å². The molecular weight excluding hydrogens is 423 g/mol. The van der Waals surface area contributed by atoms with Gasteiger partial charge in [0, 0.05) is 35.4 Å². The van der Waals surface area contributed by atoms with Crippen LogP contribution in [0.1, 0.15) is 18.1 Å². The van der Waals surface area contributed by atoms with Crippen LogP contribution in [0.4, 0.5) is 11.4 Å². The van der Waals surface area contributed by atoms with Gasteiger partial charge in [0.25, 0.3) is 0 Å². The molecule has 0 heterocycles. The molecule has 3 aromatic carbocycles. The second kappa shape index (κ2) is 10.2. The lowest BCUT2D eigenvalue weighted by atomic mass is 10.2. The van der Waals surface area contributed by atoms with E-state index in [0.717, 1.165) is 22.5 Å². The van der Waals surface area contributed by atoms with Crippen molar-refractivity contribution in [2.45, 2.75) is 20.1 Å². The van der Waals surface area contributed by atoms with Gasteiger partial charge in [0.1, 0.15) is 6.61 Å². The van der Waals surface area contributed by atoms with Crippen molar-refractivity contribution in [1.29, 1.82) is 0 Å². The van der Waals surface area contributed by atoms with Gasteiger partial charge in [-0.1, -0.05) is 41.4 Å². The predicted molar refractivity (Wildman–Crippen MR) is 122 cm³/mol. The van der Waals surface area contributed by atoms with Crippen LogP contribution in [0.15, 0.2) is 60.7 Å². The molecule has 0 aromatic heterocycles. The zero-order chi connectivity index (χ0) is 21.5. The van der Waals surface area contributed by atoms with Crippen LogP contribution in [0.25, 0.3) is 0 Å². The first kappa shape index (κ1) is 21.8. The molecule has 0 radical (unpaired) electrons. The number of methoxy groups -OCH3 is 1. The van der Waals surface area contributed by atoms with E-state index >= 15 is 0 Å². The van der Waals surface area contributed by atoms with E-state index in [1.807, 2.05) is 60.7 Å². The van der Waals surface area contributed by atoms with Crippen molar-refractivity contribution >= 4 is 40.5 Å². The summed E-state index contributed by atoms with van der Waals surface area (Å²) in [5.41, 5.74) is 3.47. The van der Waals surface area contributed by atoms with Crippen LogP contribution in [0.2, 0.25) is 10.0 Å². The maximum Gasteiger partial charge on any atom is 0.221 e. The fourth-order valence-electron chi connectivity index (χ4n) is 2.86. The highest BCUT2D eigenvalue weighted by Crippen LogP contribution is 2.37. The van der Waals surface area contributed by atoms with Gasteiger partial charge in [-0.25, -0.2) is 0 Å². The number of carbonyl (C=O) groups excluding carboxylic acids is 1. The van der Waals surface area contributed by atoms with Crippen LogP contribution < -0.4 is 20.1 Å². The van der Waals surface area contributed by atoms with Crippen molar-refractivity contribution in [1.82, 2.24) is 0 Å². The summed E-state index contributed by atoms with van der Waals surface area (Å²) in [7, 11) is 1.58. The minimum atomic E-state index is -0.103. The molecule has 7 heteroatoms. The van der Waals surface area contributed by atoms with Crippen LogP contribution >= 0.6 is 23.2 Å². The SMILES string of the molecule is COc1cc(CNc2ccc(NC(C)=O)cc2)cc(Cl)c1OCc1ccccc1Cl. The molecule has 156 valence electrons. The molecule has 0 aliphatic rings. The number of nitrogens with one attached hydrogen (secondary N) is 2. The molecule has 0 saturated carbocycles. The fourth-order valence-corrected chi connectivity index (χ4v) is 3.34. The van der Waals surface area contributed by atoms with Crippen LogP contribution in [0, 0.1) is 0 Å². The van der Waals surface area contributed by atoms with Gasteiger partial charge in [-0.2, -0.15) is 0 Å². The van der Waals surface area contributed by atoms with E-state index in [-0.39, 0.29) is 12.5 Å². The summed E-state index contributed by atoms with van der Waals surface area (Å²) in [6, 6.07) is 18.7. The van der Waals surface area contributed by atoms with Crippen LogP contribution in [0.3, 0.4) is 0 Å². The van der Waals surface area contributed by atoms with Gasteiger partial charge in [0.15, 0.2) is 11.5 Å². The summed E-state index contributed by atoms with van der Waals surface area (Å²) >= 11 is 12.7. The Morgan fingerprint density at radius 1 is 0.967 bits per heavy atom. The van der Waals surface area contributed by atoms with Crippen molar-refractivity contribution in [3.05, 3.63) is 81.8 Å². The molecule has 0 saturated heterocycles. The Bertz CT molecular complexity index is 1020. The molecule has 30 heavy (non-hydrogen) atoms. The number of ether oxygens (including phenoxy) is 2. The maximum absolute atomic E-state index is 11.1. The lowest BCUT2D eigenvalue weighted by Gasteiger charge is -2.15. The highest BCUT2D eigenvalue weighted by molar-refractivity contribution is 6.32. The number of rotatable bonds is 8. The minimum Gasteiger partial charge on any atom is -0.493 e. The molecule has 2 N–H and O–H groups in total. The Kier molecular flexibility index (Phi) is 7.44. The molecular formula is C23H22Cl2N2O3. The first-order valence-electron chi connectivity index (χ1n) is 9.30. The molecule has 0 aliphatic carbocycles. The van der Waals surface area contributed by atoms with E-state index in [2.05, 4.69) is 10.6 Å². The molecule has 0 bridgehead atoms. The quantitative estimate of drug-likeness (QED) is 0.437. The highest BCUT2D eigenvalue weighted by Gasteiger charge is 2.13. The zero-order valence-electron chi connectivity index (χ0n) is 16.7. The normalized spacial score (nSPS) is 10.4. The molecule has 0 aliphatic heterocycles. The van der Waals surface area contributed by atoms with E-state index in [1.54, 1.807) is 7.11 Å². The zero-order valence-corrected chi connectivity index (χ0v) is 18.2. The van der Waals surface area contributed by atoms with Gasteiger partial charge in [-0.05, 0) is 48.0 Å². The predicted octanol–water partition coefficient (Wildman–Crippen LogP) is 6.15. The van der Waals surface area contributed by atoms with E-state index in [9.17, 15) is 4.79 Å². The lowest BCUT2D eigenvalue weighted by Crippen LogP contribution is -2.06. The third kappa shape index (κ3) is 5.81. The number of carbonyl (C=O) groups is 1. The summed E-state index contributed by atoms with van der Waals surface area (Å²) in [6.45, 7) is 2.31. The Morgan fingerprint density at radius 2 is 1.67 bits per heavy atom. The van der Waals surface area contributed by atoms with Gasteiger partial charge in [0.2, 0.25) is 5.91 Å². The second-order valence-electron chi connectivity index (χ2n) is 6.60. The molecule has 3 rings (SSSR count). The van der Waals surface area contributed by atoms with E-state index in [0.29, 0.717) is 28.1 Å². The number of amides is 1. The van der Waals surface area contributed by atoms with Crippen LogP contribution in [0.5, 0.6) is 11.5 Å². The Morgan fingerprint density at radius 3 is 2.33 bits per heavy atom. The Hall–Kier alpha value is -2.89. The molecule has 5 nitrogen and oxygen atoms in total. The van der Waals surface area contributed by atoms with Crippen LogP contribution in [-0.2, 0) is 17.9 Å². The van der Waals surface area contributed by atoms with Gasteiger partial charge in [0.05, 0.1) is 12.1 Å².